The highest BCUT2D eigenvalue weighted by Crippen LogP contribution is 1.86. The van der Waals surface area contributed by atoms with E-state index in [2.05, 4.69) is 4.74 Å². The molecule has 0 bridgehead atoms. The summed E-state index contributed by atoms with van der Waals surface area (Å²) in [5.74, 6) is -0.488. The topological polar surface area (TPSA) is 83.8 Å². The van der Waals surface area contributed by atoms with Crippen molar-refractivity contribution in [3.8, 4) is 0 Å². The maximum atomic E-state index is 10.0. The van der Waals surface area contributed by atoms with Crippen molar-refractivity contribution in [2.75, 3.05) is 12.4 Å². The monoisotopic (exact) mass is 170 g/mol. The first-order valence-electron chi connectivity index (χ1n) is 2.66. The zero-order chi connectivity index (χ0) is 8.20. The van der Waals surface area contributed by atoms with Gasteiger partial charge in [0.25, 0.3) is 10.1 Å². The van der Waals surface area contributed by atoms with Crippen LogP contribution in [0.25, 0.3) is 0 Å². The highest BCUT2D eigenvalue weighted by Gasteiger charge is 2.04. The van der Waals surface area contributed by atoms with Gasteiger partial charge in [-0.2, -0.15) is 8.42 Å². The van der Waals surface area contributed by atoms with E-state index in [0.29, 0.717) is 0 Å². The van der Waals surface area contributed by atoms with E-state index in [1.807, 2.05) is 0 Å². The lowest BCUT2D eigenvalue weighted by molar-refractivity contribution is -0.0794. The summed E-state index contributed by atoms with van der Waals surface area (Å²) < 4.78 is 32.6. The van der Waals surface area contributed by atoms with Crippen molar-refractivity contribution >= 4 is 10.1 Å². The minimum Gasteiger partial charge on any atom is -0.368 e. The Morgan fingerprint density at radius 1 is 1.60 bits per heavy atom. The van der Waals surface area contributed by atoms with Crippen molar-refractivity contribution in [1.82, 2.24) is 0 Å². The average Bonchev–Trinajstić information content (AvgIpc) is 1.59. The Hall–Kier alpha value is -0.170. The van der Waals surface area contributed by atoms with E-state index >= 15 is 0 Å². The molecule has 0 radical (unpaired) electrons. The molecular formula is C4H10O5S. The Morgan fingerprint density at radius 2 is 2.10 bits per heavy atom. The van der Waals surface area contributed by atoms with E-state index in [-0.39, 0.29) is 6.61 Å². The summed E-state index contributed by atoms with van der Waals surface area (Å²) in [6, 6.07) is 0. The summed E-state index contributed by atoms with van der Waals surface area (Å²) >= 11 is 0. The van der Waals surface area contributed by atoms with E-state index < -0.39 is 22.2 Å². The van der Waals surface area contributed by atoms with Crippen molar-refractivity contribution in [3.63, 3.8) is 0 Å². The van der Waals surface area contributed by atoms with Gasteiger partial charge >= 0.3 is 0 Å². The Labute approximate surface area is 59.4 Å². The van der Waals surface area contributed by atoms with Gasteiger partial charge in [0, 0.05) is 0 Å². The van der Waals surface area contributed by atoms with E-state index in [9.17, 15) is 8.42 Å². The van der Waals surface area contributed by atoms with E-state index in [4.69, 9.17) is 9.66 Å². The first kappa shape index (κ1) is 9.83. The standard InChI is InChI=1S/C4H10O5S/c1-4(5)9-2-3-10(6,7)8/h4-5H,2-3H2,1H3,(H,6,7,8). The quantitative estimate of drug-likeness (QED) is 0.427. The molecular weight excluding hydrogens is 160 g/mol. The maximum absolute atomic E-state index is 10.0. The summed E-state index contributed by atoms with van der Waals surface area (Å²) in [5, 5.41) is 8.45. The summed E-state index contributed by atoms with van der Waals surface area (Å²) in [6.45, 7) is 1.15. The molecule has 0 rings (SSSR count). The largest absolute Gasteiger partial charge is 0.368 e. The molecule has 2 N–H and O–H groups in total. The van der Waals surface area contributed by atoms with Crippen LogP contribution in [0.5, 0.6) is 0 Å². The van der Waals surface area contributed by atoms with Crippen LogP contribution in [0.15, 0.2) is 0 Å². The summed E-state index contributed by atoms with van der Waals surface area (Å²) in [6.07, 6.45) is -0.998. The van der Waals surface area contributed by atoms with E-state index in [1.54, 1.807) is 0 Å². The van der Waals surface area contributed by atoms with Gasteiger partial charge in [0.05, 0.1) is 12.4 Å². The molecule has 10 heavy (non-hydrogen) atoms. The third-order valence-electron chi connectivity index (χ3n) is 0.700. The summed E-state index contributed by atoms with van der Waals surface area (Å²) in [5.41, 5.74) is 0. The zero-order valence-corrected chi connectivity index (χ0v) is 6.34. The zero-order valence-electron chi connectivity index (χ0n) is 5.52. The summed E-state index contributed by atoms with van der Waals surface area (Å²) in [7, 11) is -3.96. The Bertz CT molecular complexity index is 170. The minimum absolute atomic E-state index is 0.198. The molecule has 0 fully saturated rings. The molecule has 1 unspecified atom stereocenters. The lowest BCUT2D eigenvalue weighted by Gasteiger charge is -2.03. The fourth-order valence-electron chi connectivity index (χ4n) is 0.324. The summed E-state index contributed by atoms with van der Waals surface area (Å²) in [4.78, 5) is 0. The van der Waals surface area contributed by atoms with Gasteiger partial charge in [0.15, 0.2) is 6.29 Å². The van der Waals surface area contributed by atoms with Crippen LogP contribution in [0.3, 0.4) is 0 Å². The predicted molar refractivity (Wildman–Crippen MR) is 34.0 cm³/mol. The van der Waals surface area contributed by atoms with Gasteiger partial charge in [0.1, 0.15) is 0 Å². The molecule has 0 saturated heterocycles. The predicted octanol–water partition coefficient (Wildman–Crippen LogP) is -0.771. The fraction of sp³-hybridized carbons (Fsp3) is 1.00. The van der Waals surface area contributed by atoms with Crippen LogP contribution in [0, 0.1) is 0 Å². The number of hydrogen-bond donors (Lipinski definition) is 2. The molecule has 0 saturated carbocycles. The Morgan fingerprint density at radius 3 is 2.40 bits per heavy atom. The molecule has 0 aliphatic heterocycles. The maximum Gasteiger partial charge on any atom is 0.267 e. The molecule has 6 heteroatoms. The van der Waals surface area contributed by atoms with E-state index in [1.165, 1.54) is 6.92 Å². The van der Waals surface area contributed by atoms with Gasteiger partial charge in [0.2, 0.25) is 0 Å². The van der Waals surface area contributed by atoms with Crippen LogP contribution in [0.2, 0.25) is 0 Å². The number of rotatable bonds is 4. The van der Waals surface area contributed by atoms with Gasteiger partial charge in [-0.25, -0.2) is 0 Å². The number of aliphatic hydroxyl groups is 1. The Kier molecular flexibility index (Phi) is 3.80. The first-order chi connectivity index (χ1) is 4.42. The normalized spacial score (nSPS) is 15.1. The van der Waals surface area contributed by atoms with E-state index in [0.717, 1.165) is 0 Å². The molecule has 0 heterocycles. The van der Waals surface area contributed by atoms with Crippen LogP contribution in [0.4, 0.5) is 0 Å². The molecule has 62 valence electrons. The van der Waals surface area contributed by atoms with Crippen LogP contribution in [0.1, 0.15) is 6.92 Å². The first-order valence-corrected chi connectivity index (χ1v) is 4.27. The second-order valence-electron chi connectivity index (χ2n) is 1.76. The smallest absolute Gasteiger partial charge is 0.267 e. The molecule has 0 aromatic carbocycles. The third-order valence-corrected chi connectivity index (χ3v) is 1.38. The van der Waals surface area contributed by atoms with Crippen molar-refractivity contribution < 1.29 is 22.8 Å². The molecule has 0 aromatic heterocycles. The molecule has 5 nitrogen and oxygen atoms in total. The van der Waals surface area contributed by atoms with Gasteiger partial charge < -0.3 is 9.84 Å². The van der Waals surface area contributed by atoms with Crippen molar-refractivity contribution in [3.05, 3.63) is 0 Å². The van der Waals surface area contributed by atoms with Gasteiger partial charge in [-0.15, -0.1) is 0 Å². The SMILES string of the molecule is CC(O)OCCS(=O)(=O)O. The van der Waals surface area contributed by atoms with Crippen LogP contribution < -0.4 is 0 Å². The molecule has 0 aromatic rings. The van der Waals surface area contributed by atoms with Gasteiger partial charge in [-0.1, -0.05) is 0 Å². The lowest BCUT2D eigenvalue weighted by Crippen LogP contribution is -2.15. The highest BCUT2D eigenvalue weighted by atomic mass is 32.2. The third kappa shape index (κ3) is 7.83. The fourth-order valence-corrected chi connectivity index (χ4v) is 0.631. The van der Waals surface area contributed by atoms with Gasteiger partial charge in [-0.05, 0) is 6.92 Å². The molecule has 0 amide bonds. The molecule has 1 atom stereocenters. The van der Waals surface area contributed by atoms with Crippen molar-refractivity contribution in [1.29, 1.82) is 0 Å². The number of hydrogen-bond acceptors (Lipinski definition) is 4. The molecule has 0 spiro atoms. The highest BCUT2D eigenvalue weighted by molar-refractivity contribution is 7.85. The molecule has 0 aliphatic carbocycles. The van der Waals surface area contributed by atoms with Crippen LogP contribution in [-0.2, 0) is 14.9 Å². The lowest BCUT2D eigenvalue weighted by atomic mass is 10.7. The van der Waals surface area contributed by atoms with Crippen LogP contribution in [-0.4, -0.2) is 36.7 Å². The molecule has 0 aliphatic rings. The average molecular weight is 170 g/mol. The van der Waals surface area contributed by atoms with Crippen molar-refractivity contribution in [2.45, 2.75) is 13.2 Å². The van der Waals surface area contributed by atoms with Gasteiger partial charge in [-0.3, -0.25) is 4.55 Å². The number of aliphatic hydroxyl groups excluding tert-OH is 1. The Balaban J connectivity index is 3.39. The second kappa shape index (κ2) is 3.87. The second-order valence-corrected chi connectivity index (χ2v) is 3.33. The number of ether oxygens (including phenoxy) is 1. The minimum atomic E-state index is -3.96. The van der Waals surface area contributed by atoms with Crippen molar-refractivity contribution in [2.24, 2.45) is 0 Å². The van der Waals surface area contributed by atoms with Crippen LogP contribution >= 0.6 is 0 Å².